The first-order chi connectivity index (χ1) is 3.72. The fraction of sp³-hybridized carbons (Fsp3) is 0.800. The maximum absolute atomic E-state index is 10.3. The Balaban J connectivity index is 3.46. The zero-order valence-electron chi connectivity index (χ0n) is 4.79. The van der Waals surface area contributed by atoms with Crippen molar-refractivity contribution in [3.63, 3.8) is 0 Å². The molecule has 8 heavy (non-hydrogen) atoms. The van der Waals surface area contributed by atoms with Gasteiger partial charge >= 0.3 is 0 Å². The molecule has 0 saturated heterocycles. The van der Waals surface area contributed by atoms with E-state index in [1.165, 1.54) is 0 Å². The lowest BCUT2D eigenvalue weighted by atomic mass is 10.2. The molecule has 48 valence electrons. The molecular weight excluding hydrogens is 108 g/mol. The summed E-state index contributed by atoms with van der Waals surface area (Å²) in [6.45, 7) is 1.17. The van der Waals surface area contributed by atoms with Gasteiger partial charge in [-0.15, -0.1) is 0 Å². The van der Waals surface area contributed by atoms with Crippen molar-refractivity contribution >= 4 is 5.78 Å². The molecule has 3 heteroatoms. The van der Waals surface area contributed by atoms with Crippen molar-refractivity contribution in [1.29, 1.82) is 0 Å². The number of Topliss-reactive ketones (excluding diaryl/α,β-unsaturated/α-hetero) is 1. The van der Waals surface area contributed by atoms with Crippen molar-refractivity contribution in [2.24, 2.45) is 0 Å². The summed E-state index contributed by atoms with van der Waals surface area (Å²) in [5.41, 5.74) is 0. The molecule has 0 spiro atoms. The summed E-state index contributed by atoms with van der Waals surface area (Å²) in [7, 11) is 0. The molecule has 0 fully saturated rings. The highest BCUT2D eigenvalue weighted by molar-refractivity contribution is 5.82. The van der Waals surface area contributed by atoms with E-state index in [1.807, 2.05) is 0 Å². The number of hydrogen-bond donors (Lipinski definition) is 2. The topological polar surface area (TPSA) is 57.5 Å². The monoisotopic (exact) mass is 118 g/mol. The van der Waals surface area contributed by atoms with E-state index in [1.54, 1.807) is 6.92 Å². The van der Waals surface area contributed by atoms with Crippen molar-refractivity contribution in [2.45, 2.75) is 19.4 Å². The lowest BCUT2D eigenvalue weighted by Gasteiger charge is -2.00. The number of aliphatic hydroxyl groups excluding tert-OH is 2. The molecule has 0 aromatic heterocycles. The zero-order valence-corrected chi connectivity index (χ0v) is 4.79. The lowest BCUT2D eigenvalue weighted by Crippen LogP contribution is -2.22. The Kier molecular flexibility index (Phi) is 3.39. The third kappa shape index (κ3) is 2.04. The van der Waals surface area contributed by atoms with E-state index in [4.69, 9.17) is 10.2 Å². The van der Waals surface area contributed by atoms with Crippen LogP contribution in [0, 0.1) is 0 Å². The van der Waals surface area contributed by atoms with Gasteiger partial charge in [0.15, 0.2) is 5.78 Å². The molecule has 0 heterocycles. The summed E-state index contributed by atoms with van der Waals surface area (Å²) in [5.74, 6) is -0.312. The molecule has 0 aliphatic carbocycles. The molecule has 0 amide bonds. The van der Waals surface area contributed by atoms with Crippen LogP contribution in [0.5, 0.6) is 0 Å². The fourth-order valence-electron chi connectivity index (χ4n) is 0.337. The normalized spacial score (nSPS) is 13.4. The average Bonchev–Trinajstić information content (AvgIpc) is 1.84. The number of carbonyl (C=O) groups excluding carboxylic acids is 1. The van der Waals surface area contributed by atoms with E-state index in [-0.39, 0.29) is 12.2 Å². The minimum absolute atomic E-state index is 0.279. The zero-order chi connectivity index (χ0) is 6.57. The molecule has 0 radical (unpaired) electrons. The summed E-state index contributed by atoms with van der Waals surface area (Å²) in [5, 5.41) is 16.7. The molecule has 3 nitrogen and oxygen atoms in total. The smallest absolute Gasteiger partial charge is 0.163 e. The van der Waals surface area contributed by atoms with Crippen molar-refractivity contribution in [1.82, 2.24) is 0 Å². The third-order valence-electron chi connectivity index (χ3n) is 0.893. The predicted molar refractivity (Wildman–Crippen MR) is 28.4 cm³/mol. The lowest BCUT2D eigenvalue weighted by molar-refractivity contribution is -0.128. The Bertz CT molecular complexity index is 79.7. The first kappa shape index (κ1) is 7.59. The maximum Gasteiger partial charge on any atom is 0.163 e. The first-order valence-corrected chi connectivity index (χ1v) is 2.54. The van der Waals surface area contributed by atoms with Gasteiger partial charge < -0.3 is 10.2 Å². The van der Waals surface area contributed by atoms with Crippen LogP contribution in [0.2, 0.25) is 0 Å². The highest BCUT2D eigenvalue weighted by Crippen LogP contribution is 1.87. The molecule has 1 atom stereocenters. The van der Waals surface area contributed by atoms with E-state index in [9.17, 15) is 4.79 Å². The summed E-state index contributed by atoms with van der Waals surface area (Å²) in [6.07, 6.45) is -0.887. The van der Waals surface area contributed by atoms with Crippen molar-refractivity contribution < 1.29 is 15.0 Å². The highest BCUT2D eigenvalue weighted by atomic mass is 16.3. The Morgan fingerprint density at radius 1 is 1.75 bits per heavy atom. The molecule has 2 N–H and O–H groups in total. The van der Waals surface area contributed by atoms with E-state index >= 15 is 0 Å². The van der Waals surface area contributed by atoms with Crippen LogP contribution < -0.4 is 0 Å². The van der Waals surface area contributed by atoms with Gasteiger partial charge in [0.25, 0.3) is 0 Å². The van der Waals surface area contributed by atoms with Gasteiger partial charge in [0.05, 0.1) is 6.61 Å². The predicted octanol–water partition coefficient (Wildman–Crippen LogP) is -0.681. The summed E-state index contributed by atoms with van der Waals surface area (Å²) < 4.78 is 0. The third-order valence-corrected chi connectivity index (χ3v) is 0.893. The van der Waals surface area contributed by atoms with E-state index in [2.05, 4.69) is 0 Å². The number of rotatable bonds is 3. The van der Waals surface area contributed by atoms with Crippen LogP contribution in [-0.4, -0.2) is 28.7 Å². The second kappa shape index (κ2) is 3.57. The van der Waals surface area contributed by atoms with Crippen LogP contribution in [0.25, 0.3) is 0 Å². The second-order valence-electron chi connectivity index (χ2n) is 1.52. The molecule has 0 aromatic rings. The number of hydrogen-bond acceptors (Lipinski definition) is 3. The molecule has 0 rings (SSSR count). The molecule has 0 saturated carbocycles. The molecular formula is C5H10O3. The Labute approximate surface area is 47.9 Å². The number of aliphatic hydroxyl groups is 2. The van der Waals surface area contributed by atoms with Gasteiger partial charge in [-0.2, -0.15) is 0 Å². The molecule has 0 aliphatic rings. The Morgan fingerprint density at radius 3 is 2.38 bits per heavy atom. The molecule has 0 unspecified atom stereocenters. The van der Waals surface area contributed by atoms with Gasteiger partial charge in [-0.05, 0) is 0 Å². The average molecular weight is 118 g/mol. The molecule has 0 aromatic carbocycles. The van der Waals surface area contributed by atoms with Crippen molar-refractivity contribution in [2.75, 3.05) is 6.61 Å². The maximum atomic E-state index is 10.3. The van der Waals surface area contributed by atoms with Crippen LogP contribution >= 0.6 is 0 Å². The van der Waals surface area contributed by atoms with Crippen LogP contribution in [0.3, 0.4) is 0 Å². The van der Waals surface area contributed by atoms with Gasteiger partial charge in [0, 0.05) is 6.42 Å². The Hall–Kier alpha value is -0.410. The van der Waals surface area contributed by atoms with E-state index < -0.39 is 12.7 Å². The number of carbonyl (C=O) groups is 1. The Morgan fingerprint density at radius 2 is 2.25 bits per heavy atom. The standard InChI is InChI=1S/C5H10O3/c1-2-4(7)5(8)3-6/h5-6,8H,2-3H2,1H3/t5-/m1/s1. The van der Waals surface area contributed by atoms with Gasteiger partial charge in [0.1, 0.15) is 6.10 Å². The SMILES string of the molecule is CCC(=O)[C@H](O)CO. The van der Waals surface area contributed by atoms with Crippen molar-refractivity contribution in [3.05, 3.63) is 0 Å². The minimum atomic E-state index is -1.17. The van der Waals surface area contributed by atoms with Crippen LogP contribution in [0.1, 0.15) is 13.3 Å². The first-order valence-electron chi connectivity index (χ1n) is 2.54. The minimum Gasteiger partial charge on any atom is -0.393 e. The summed E-state index contributed by atoms with van der Waals surface area (Å²) in [6, 6.07) is 0. The van der Waals surface area contributed by atoms with Gasteiger partial charge in [-0.25, -0.2) is 0 Å². The van der Waals surface area contributed by atoms with Gasteiger partial charge in [0.2, 0.25) is 0 Å². The molecule has 0 bridgehead atoms. The van der Waals surface area contributed by atoms with E-state index in [0.717, 1.165) is 0 Å². The van der Waals surface area contributed by atoms with Crippen LogP contribution in [0.15, 0.2) is 0 Å². The van der Waals surface area contributed by atoms with Crippen LogP contribution in [-0.2, 0) is 4.79 Å². The quantitative estimate of drug-likeness (QED) is 0.516. The molecule has 0 aliphatic heterocycles. The van der Waals surface area contributed by atoms with Gasteiger partial charge in [-0.3, -0.25) is 4.79 Å². The summed E-state index contributed by atoms with van der Waals surface area (Å²) >= 11 is 0. The fourth-order valence-corrected chi connectivity index (χ4v) is 0.337. The second-order valence-corrected chi connectivity index (χ2v) is 1.52. The largest absolute Gasteiger partial charge is 0.393 e. The van der Waals surface area contributed by atoms with Gasteiger partial charge in [-0.1, -0.05) is 6.92 Å². The summed E-state index contributed by atoms with van der Waals surface area (Å²) in [4.78, 5) is 10.3. The van der Waals surface area contributed by atoms with Crippen LogP contribution in [0.4, 0.5) is 0 Å². The number of ketones is 1. The van der Waals surface area contributed by atoms with Crippen molar-refractivity contribution in [3.8, 4) is 0 Å². The highest BCUT2D eigenvalue weighted by Gasteiger charge is 2.09. The van der Waals surface area contributed by atoms with E-state index in [0.29, 0.717) is 0 Å².